The minimum absolute atomic E-state index is 0.0392. The summed E-state index contributed by atoms with van der Waals surface area (Å²) in [5.74, 6) is 1.26. The topological polar surface area (TPSA) is 77.8 Å². The largest absolute Gasteiger partial charge is 0.494 e. The van der Waals surface area contributed by atoms with Gasteiger partial charge in [0.1, 0.15) is 17.6 Å². The van der Waals surface area contributed by atoms with E-state index in [1.165, 1.54) is 14.9 Å². The molecule has 0 N–H and O–H groups in total. The van der Waals surface area contributed by atoms with Crippen LogP contribution in [0, 0.1) is 6.92 Å². The first kappa shape index (κ1) is 20.4. The van der Waals surface area contributed by atoms with E-state index in [9.17, 15) is 13.2 Å². The van der Waals surface area contributed by atoms with Crippen molar-refractivity contribution >= 4 is 10.0 Å². The maximum Gasteiger partial charge on any atom is 0.254 e. The van der Waals surface area contributed by atoms with Crippen molar-refractivity contribution in [3.05, 3.63) is 58.5 Å². The zero-order valence-corrected chi connectivity index (χ0v) is 17.0. The molecule has 152 valence electrons. The molecule has 2 aromatic rings. The van der Waals surface area contributed by atoms with Gasteiger partial charge in [0.05, 0.1) is 18.9 Å². The van der Waals surface area contributed by atoms with Gasteiger partial charge in [0, 0.05) is 25.4 Å². The summed E-state index contributed by atoms with van der Waals surface area (Å²) in [6, 6.07) is 12.6. The Hall–Kier alpha value is -2.32. The number of aryl methyl sites for hydroxylation is 1. The van der Waals surface area contributed by atoms with Crippen LogP contribution < -0.4 is 15.0 Å². The molecule has 0 amide bonds. The second-order valence-electron chi connectivity index (χ2n) is 6.95. The average molecular weight is 407 g/mol. The van der Waals surface area contributed by atoms with Crippen molar-refractivity contribution in [2.75, 3.05) is 25.4 Å². The number of hydrogen-bond donors (Lipinski definition) is 0. The molecule has 1 aliphatic rings. The van der Waals surface area contributed by atoms with Gasteiger partial charge in [-0.15, -0.1) is 0 Å². The van der Waals surface area contributed by atoms with Crippen LogP contribution in [0.2, 0.25) is 0 Å². The summed E-state index contributed by atoms with van der Waals surface area (Å²) < 4.78 is 39.5. The Morgan fingerprint density at radius 2 is 1.89 bits per heavy atom. The molecule has 3 rings (SSSR count). The van der Waals surface area contributed by atoms with Crippen LogP contribution >= 0.6 is 0 Å². The van der Waals surface area contributed by atoms with Gasteiger partial charge in [-0.2, -0.15) is 4.31 Å². The van der Waals surface area contributed by atoms with E-state index in [1.54, 1.807) is 13.1 Å². The van der Waals surface area contributed by atoms with Crippen LogP contribution in [0.5, 0.6) is 11.5 Å². The lowest BCUT2D eigenvalue weighted by atomic mass is 10.3. The number of para-hydroxylation sites is 1. The van der Waals surface area contributed by atoms with Crippen LogP contribution in [0.4, 0.5) is 0 Å². The van der Waals surface area contributed by atoms with Gasteiger partial charge in [-0.1, -0.05) is 18.2 Å². The Morgan fingerprint density at radius 3 is 2.61 bits per heavy atom. The molecule has 0 saturated carbocycles. The normalized spacial score (nSPS) is 17.6. The molecule has 1 aromatic carbocycles. The van der Waals surface area contributed by atoms with E-state index >= 15 is 0 Å². The molecule has 1 unspecified atom stereocenters. The molecule has 0 radical (unpaired) electrons. The van der Waals surface area contributed by atoms with Gasteiger partial charge in [0.2, 0.25) is 10.0 Å². The predicted octanol–water partition coefficient (Wildman–Crippen LogP) is 1.95. The van der Waals surface area contributed by atoms with Crippen molar-refractivity contribution in [1.29, 1.82) is 0 Å². The van der Waals surface area contributed by atoms with Crippen LogP contribution in [-0.2, 0) is 17.1 Å². The van der Waals surface area contributed by atoms with Crippen LogP contribution in [-0.4, -0.2) is 48.8 Å². The van der Waals surface area contributed by atoms with Gasteiger partial charge in [0.25, 0.3) is 5.56 Å². The first-order chi connectivity index (χ1) is 13.3. The lowest BCUT2D eigenvalue weighted by Gasteiger charge is -2.18. The second kappa shape index (κ2) is 8.79. The third-order valence-electron chi connectivity index (χ3n) is 4.84. The van der Waals surface area contributed by atoms with Gasteiger partial charge in [0.15, 0.2) is 0 Å². The van der Waals surface area contributed by atoms with Crippen LogP contribution in [0.15, 0.2) is 47.3 Å². The minimum atomic E-state index is -3.36. The van der Waals surface area contributed by atoms with E-state index in [2.05, 4.69) is 0 Å². The highest BCUT2D eigenvalue weighted by Gasteiger charge is 2.32. The monoisotopic (exact) mass is 406 g/mol. The molecule has 2 heterocycles. The minimum Gasteiger partial charge on any atom is -0.494 e. The molecule has 1 aliphatic heterocycles. The molecule has 8 heteroatoms. The smallest absolute Gasteiger partial charge is 0.254 e. The third-order valence-corrected chi connectivity index (χ3v) is 6.76. The Morgan fingerprint density at radius 1 is 1.14 bits per heavy atom. The molecule has 1 aromatic heterocycles. The van der Waals surface area contributed by atoms with Gasteiger partial charge < -0.3 is 14.0 Å². The predicted molar refractivity (Wildman–Crippen MR) is 107 cm³/mol. The second-order valence-corrected chi connectivity index (χ2v) is 9.04. The van der Waals surface area contributed by atoms with E-state index in [-0.39, 0.29) is 17.4 Å². The third kappa shape index (κ3) is 5.14. The summed E-state index contributed by atoms with van der Waals surface area (Å²) in [6.45, 7) is 2.91. The van der Waals surface area contributed by atoms with Crippen molar-refractivity contribution in [2.45, 2.75) is 25.9 Å². The fourth-order valence-electron chi connectivity index (χ4n) is 3.12. The molecule has 1 saturated heterocycles. The number of ether oxygens (including phenoxy) is 2. The maximum absolute atomic E-state index is 12.6. The highest BCUT2D eigenvalue weighted by Crippen LogP contribution is 2.21. The van der Waals surface area contributed by atoms with Crippen molar-refractivity contribution in [1.82, 2.24) is 8.87 Å². The number of pyridine rings is 1. The van der Waals surface area contributed by atoms with E-state index in [0.29, 0.717) is 38.3 Å². The first-order valence-electron chi connectivity index (χ1n) is 9.35. The van der Waals surface area contributed by atoms with Crippen molar-refractivity contribution in [3.63, 3.8) is 0 Å². The lowest BCUT2D eigenvalue weighted by Crippen LogP contribution is -2.33. The van der Waals surface area contributed by atoms with Crippen molar-refractivity contribution < 1.29 is 17.9 Å². The van der Waals surface area contributed by atoms with Gasteiger partial charge >= 0.3 is 0 Å². The molecule has 1 fully saturated rings. The van der Waals surface area contributed by atoms with Crippen LogP contribution in [0.25, 0.3) is 0 Å². The Labute approximate surface area is 165 Å². The fraction of sp³-hybridized carbons (Fsp3) is 0.450. The van der Waals surface area contributed by atoms with E-state index in [0.717, 1.165) is 11.4 Å². The zero-order valence-electron chi connectivity index (χ0n) is 16.2. The Kier molecular flexibility index (Phi) is 6.41. The van der Waals surface area contributed by atoms with Crippen molar-refractivity contribution in [2.24, 2.45) is 7.05 Å². The number of nitrogens with zero attached hydrogens (tertiary/aromatic N) is 2. The maximum atomic E-state index is 12.6. The molecule has 0 bridgehead atoms. The average Bonchev–Trinajstić information content (AvgIpc) is 3.13. The number of sulfonamides is 1. The fourth-order valence-corrected chi connectivity index (χ4v) is 4.64. The summed E-state index contributed by atoms with van der Waals surface area (Å²) in [5, 5.41) is 0. The molecular formula is C20H26N2O5S. The van der Waals surface area contributed by atoms with E-state index < -0.39 is 10.0 Å². The molecule has 7 nitrogen and oxygen atoms in total. The number of benzene rings is 1. The molecule has 28 heavy (non-hydrogen) atoms. The van der Waals surface area contributed by atoms with Crippen LogP contribution in [0.3, 0.4) is 0 Å². The van der Waals surface area contributed by atoms with E-state index in [4.69, 9.17) is 9.47 Å². The van der Waals surface area contributed by atoms with Gasteiger partial charge in [-0.05, 0) is 38.0 Å². The summed E-state index contributed by atoms with van der Waals surface area (Å²) in [6.07, 6.45) is 0.781. The molecule has 0 aliphatic carbocycles. The Bertz CT molecular complexity index is 956. The summed E-state index contributed by atoms with van der Waals surface area (Å²) >= 11 is 0. The first-order valence-corrected chi connectivity index (χ1v) is 11.0. The van der Waals surface area contributed by atoms with E-state index in [1.807, 2.05) is 37.3 Å². The summed E-state index contributed by atoms with van der Waals surface area (Å²) in [5.41, 5.74) is 0.652. The van der Waals surface area contributed by atoms with Gasteiger partial charge in [-0.3, -0.25) is 4.79 Å². The quantitative estimate of drug-likeness (QED) is 0.626. The highest BCUT2D eigenvalue weighted by molar-refractivity contribution is 7.89. The molecular weight excluding hydrogens is 380 g/mol. The van der Waals surface area contributed by atoms with Crippen LogP contribution in [0.1, 0.15) is 18.5 Å². The highest BCUT2D eigenvalue weighted by atomic mass is 32.2. The number of hydrogen-bond acceptors (Lipinski definition) is 5. The Balaban J connectivity index is 1.49. The summed E-state index contributed by atoms with van der Waals surface area (Å²) in [7, 11) is -1.65. The lowest BCUT2D eigenvalue weighted by molar-refractivity contribution is 0.214. The molecule has 0 spiro atoms. The molecule has 1 atom stereocenters. The van der Waals surface area contributed by atoms with Crippen molar-refractivity contribution in [3.8, 4) is 11.5 Å². The number of aromatic nitrogens is 1. The summed E-state index contributed by atoms with van der Waals surface area (Å²) in [4.78, 5) is 11.9. The van der Waals surface area contributed by atoms with Gasteiger partial charge in [-0.25, -0.2) is 8.42 Å². The SMILES string of the molecule is Cc1cc(OC2CCN(S(=O)(=O)CCCOc3ccccc3)C2)cc(=O)n1C. The standard InChI is InChI=1S/C20H26N2O5S/c1-16-13-19(14-20(23)21(16)2)27-18-9-10-22(15-18)28(24,25)12-6-11-26-17-7-4-3-5-8-17/h3-5,7-8,13-14,18H,6,9-12,15H2,1-2H3. The number of rotatable bonds is 8. The zero-order chi connectivity index (χ0) is 20.1.